The molecule has 0 N–H and O–H groups in total. The molecule has 0 bridgehead atoms. The van der Waals surface area contributed by atoms with Crippen LogP contribution in [0.2, 0.25) is 0 Å². The van der Waals surface area contributed by atoms with Gasteiger partial charge in [-0.15, -0.1) is 0 Å². The predicted octanol–water partition coefficient (Wildman–Crippen LogP) is 2.68. The minimum absolute atomic E-state index is 0.0160. The van der Waals surface area contributed by atoms with Gasteiger partial charge in [0.15, 0.2) is 0 Å². The van der Waals surface area contributed by atoms with Crippen molar-refractivity contribution in [3.05, 3.63) is 32.7 Å². The van der Waals surface area contributed by atoms with E-state index in [0.29, 0.717) is 0 Å². The monoisotopic (exact) mass is 380 g/mol. The molecule has 2 rings (SSSR count). The largest absolute Gasteiger partial charge is 0.465 e. The van der Waals surface area contributed by atoms with E-state index in [0.717, 1.165) is 16.7 Å². The first-order valence-electron chi connectivity index (χ1n) is 6.28. The van der Waals surface area contributed by atoms with Gasteiger partial charge in [-0.1, -0.05) is 0 Å². The Balaban J connectivity index is 2.70. The number of fused-ring (bicyclic) bond motifs is 1. The number of halogens is 4. The normalized spacial score (nSPS) is 11.9. The maximum atomic E-state index is 12.9. The molecule has 1 aromatic heterocycles. The third-order valence-electron chi connectivity index (χ3n) is 3.11. The number of carbonyl (C=O) groups excluding carboxylic acids is 1. The Morgan fingerprint density at radius 1 is 1.36 bits per heavy atom. The molecule has 1 heterocycles. The maximum absolute atomic E-state index is 12.9. The fourth-order valence-electron chi connectivity index (χ4n) is 2.15. The van der Waals surface area contributed by atoms with E-state index in [4.69, 9.17) is 4.74 Å². The Morgan fingerprint density at radius 2 is 2.00 bits per heavy atom. The van der Waals surface area contributed by atoms with Crippen molar-refractivity contribution in [2.24, 2.45) is 7.05 Å². The van der Waals surface area contributed by atoms with Crippen LogP contribution in [0.25, 0.3) is 11.0 Å². The highest BCUT2D eigenvalue weighted by Crippen LogP contribution is 2.34. The lowest BCUT2D eigenvalue weighted by atomic mass is 10.2. The summed E-state index contributed by atoms with van der Waals surface area (Å²) in [5.74, 6) is -0.689. The minimum atomic E-state index is -4.56. The van der Waals surface area contributed by atoms with Crippen molar-refractivity contribution in [1.29, 1.82) is 0 Å². The number of imidazole rings is 1. The number of esters is 1. The molecule has 0 atom stereocenters. The molecule has 9 heteroatoms. The van der Waals surface area contributed by atoms with Gasteiger partial charge in [-0.05, 0) is 35.0 Å². The summed E-state index contributed by atoms with van der Waals surface area (Å²) in [7, 11) is 1.42. The van der Waals surface area contributed by atoms with Crippen LogP contribution in [0.15, 0.2) is 21.4 Å². The summed E-state index contributed by atoms with van der Waals surface area (Å²) in [5.41, 5.74) is -1.21. The predicted molar refractivity (Wildman–Crippen MR) is 76.5 cm³/mol. The lowest BCUT2D eigenvalue weighted by Gasteiger charge is -2.09. The molecule has 5 nitrogen and oxygen atoms in total. The zero-order valence-corrected chi connectivity index (χ0v) is 13.3. The van der Waals surface area contributed by atoms with Gasteiger partial charge < -0.3 is 4.74 Å². The molecule has 22 heavy (non-hydrogen) atoms. The zero-order valence-electron chi connectivity index (χ0n) is 11.7. The van der Waals surface area contributed by atoms with Crippen LogP contribution in [0.1, 0.15) is 12.5 Å². The second-order valence-electron chi connectivity index (χ2n) is 4.56. The topological polar surface area (TPSA) is 53.2 Å². The molecule has 0 aliphatic rings. The average molecular weight is 381 g/mol. The summed E-state index contributed by atoms with van der Waals surface area (Å²) in [6.45, 7) is 1.27. The average Bonchev–Trinajstić information content (AvgIpc) is 2.63. The maximum Gasteiger partial charge on any atom is 0.416 e. The Kier molecular flexibility index (Phi) is 4.37. The van der Waals surface area contributed by atoms with Crippen molar-refractivity contribution in [3.63, 3.8) is 0 Å². The second-order valence-corrected chi connectivity index (χ2v) is 5.41. The van der Waals surface area contributed by atoms with Crippen molar-refractivity contribution in [2.75, 3.05) is 6.61 Å². The molecule has 0 aliphatic heterocycles. The third-order valence-corrected chi connectivity index (χ3v) is 3.71. The van der Waals surface area contributed by atoms with Gasteiger partial charge in [0.1, 0.15) is 6.54 Å². The van der Waals surface area contributed by atoms with E-state index in [1.54, 1.807) is 6.92 Å². The van der Waals surface area contributed by atoms with Gasteiger partial charge in [-0.2, -0.15) is 13.2 Å². The highest BCUT2D eigenvalue weighted by atomic mass is 79.9. The van der Waals surface area contributed by atoms with Crippen molar-refractivity contribution >= 4 is 32.9 Å². The van der Waals surface area contributed by atoms with E-state index in [1.807, 2.05) is 0 Å². The first-order valence-corrected chi connectivity index (χ1v) is 7.07. The zero-order chi connectivity index (χ0) is 16.7. The molecule has 2 aromatic rings. The number of hydrogen-bond donors (Lipinski definition) is 0. The smallest absolute Gasteiger partial charge is 0.416 e. The van der Waals surface area contributed by atoms with Crippen molar-refractivity contribution in [2.45, 2.75) is 19.6 Å². The summed E-state index contributed by atoms with van der Waals surface area (Å²) in [6, 6.07) is 1.75. The van der Waals surface area contributed by atoms with Crippen LogP contribution in [-0.2, 0) is 29.3 Å². The fourth-order valence-corrected chi connectivity index (χ4v) is 2.87. The number of hydrogen-bond acceptors (Lipinski definition) is 3. The van der Waals surface area contributed by atoms with E-state index in [2.05, 4.69) is 15.9 Å². The van der Waals surface area contributed by atoms with Gasteiger partial charge in [0.25, 0.3) is 0 Å². The Morgan fingerprint density at radius 3 is 2.55 bits per heavy atom. The molecule has 0 saturated carbocycles. The molecule has 120 valence electrons. The molecular formula is C13H12BrF3N2O3. The fraction of sp³-hybridized carbons (Fsp3) is 0.385. The van der Waals surface area contributed by atoms with Crippen molar-refractivity contribution in [1.82, 2.24) is 9.13 Å². The van der Waals surface area contributed by atoms with E-state index < -0.39 is 29.9 Å². The van der Waals surface area contributed by atoms with Crippen molar-refractivity contribution in [3.8, 4) is 0 Å². The van der Waals surface area contributed by atoms with Gasteiger partial charge in [0.05, 0.1) is 23.2 Å². The number of nitrogens with zero attached hydrogens (tertiary/aromatic N) is 2. The van der Waals surface area contributed by atoms with Gasteiger partial charge >= 0.3 is 17.8 Å². The molecule has 0 amide bonds. The molecule has 0 fully saturated rings. The lowest BCUT2D eigenvalue weighted by molar-refractivity contribution is -0.143. The second kappa shape index (κ2) is 5.79. The van der Waals surface area contributed by atoms with Gasteiger partial charge in [-0.3, -0.25) is 13.9 Å². The lowest BCUT2D eigenvalue weighted by Crippen LogP contribution is -2.26. The Hall–Kier alpha value is -1.77. The molecular weight excluding hydrogens is 369 g/mol. The number of carbonyl (C=O) groups is 1. The van der Waals surface area contributed by atoms with E-state index in [1.165, 1.54) is 11.6 Å². The summed E-state index contributed by atoms with van der Waals surface area (Å²) in [5, 5.41) is 0. The van der Waals surface area contributed by atoms with Crippen molar-refractivity contribution < 1.29 is 22.7 Å². The SMILES string of the molecule is CCOC(=O)Cn1c(=O)n(C)c2c(Br)cc(C(F)(F)F)cc21. The van der Waals surface area contributed by atoms with Gasteiger partial charge in [-0.25, -0.2) is 4.79 Å². The number of benzene rings is 1. The Labute approximate surface area is 131 Å². The standard InChI is InChI=1S/C13H12BrF3N2O3/c1-3-22-10(20)6-19-9-5-7(13(15,16)17)4-8(14)11(9)18(2)12(19)21/h4-5H,3,6H2,1-2H3. The van der Waals surface area contributed by atoms with Crippen LogP contribution >= 0.6 is 15.9 Å². The van der Waals surface area contributed by atoms with Gasteiger partial charge in [0, 0.05) is 11.5 Å². The summed E-state index contributed by atoms with van der Waals surface area (Å²) < 4.78 is 45.7. The third kappa shape index (κ3) is 2.90. The molecule has 0 saturated heterocycles. The van der Waals surface area contributed by atoms with Crippen LogP contribution in [0.3, 0.4) is 0 Å². The highest BCUT2D eigenvalue weighted by Gasteiger charge is 2.32. The minimum Gasteiger partial charge on any atom is -0.465 e. The number of ether oxygens (including phenoxy) is 1. The number of alkyl halides is 3. The van der Waals surface area contributed by atoms with Crippen LogP contribution in [-0.4, -0.2) is 21.7 Å². The van der Waals surface area contributed by atoms with E-state index in [9.17, 15) is 22.8 Å². The first-order chi connectivity index (χ1) is 10.2. The Bertz CT molecular complexity index is 792. The van der Waals surface area contributed by atoms with Crippen LogP contribution in [0.4, 0.5) is 13.2 Å². The summed E-state index contributed by atoms with van der Waals surface area (Å²) in [4.78, 5) is 23.7. The highest BCUT2D eigenvalue weighted by molar-refractivity contribution is 9.10. The number of rotatable bonds is 3. The molecule has 0 aliphatic carbocycles. The van der Waals surface area contributed by atoms with Crippen LogP contribution in [0, 0.1) is 0 Å². The summed E-state index contributed by atoms with van der Waals surface area (Å²) >= 11 is 3.05. The van der Waals surface area contributed by atoms with Gasteiger partial charge in [0.2, 0.25) is 0 Å². The molecule has 0 spiro atoms. The molecule has 1 aromatic carbocycles. The molecule has 0 radical (unpaired) electrons. The number of aryl methyl sites for hydroxylation is 1. The molecule has 0 unspecified atom stereocenters. The van der Waals surface area contributed by atoms with E-state index in [-0.39, 0.29) is 22.1 Å². The quantitative estimate of drug-likeness (QED) is 0.769. The summed E-state index contributed by atoms with van der Waals surface area (Å²) in [6.07, 6.45) is -4.56. The van der Waals surface area contributed by atoms with Crippen LogP contribution < -0.4 is 5.69 Å². The van der Waals surface area contributed by atoms with E-state index >= 15 is 0 Å². The first kappa shape index (κ1) is 16.6. The number of aromatic nitrogens is 2. The van der Waals surface area contributed by atoms with Crippen LogP contribution in [0.5, 0.6) is 0 Å².